The fraction of sp³-hybridized carbons (Fsp3) is 0.500. The molecule has 1 aliphatic heterocycles. The first-order valence-corrected chi connectivity index (χ1v) is 6.84. The van der Waals surface area contributed by atoms with E-state index >= 15 is 0 Å². The monoisotopic (exact) mass is 266 g/mol. The van der Waals surface area contributed by atoms with Crippen LogP contribution in [0.25, 0.3) is 0 Å². The number of rotatable bonds is 4. The van der Waals surface area contributed by atoms with Crippen molar-refractivity contribution in [3.63, 3.8) is 0 Å². The summed E-state index contributed by atoms with van der Waals surface area (Å²) in [6.45, 7) is 4.62. The summed E-state index contributed by atoms with van der Waals surface area (Å²) in [6, 6.07) is 7.64. The molecule has 1 N–H and O–H groups in total. The fourth-order valence-electron chi connectivity index (χ4n) is 2.46. The van der Waals surface area contributed by atoms with Crippen molar-refractivity contribution in [1.82, 2.24) is 10.2 Å². The van der Waals surface area contributed by atoms with E-state index in [4.69, 9.17) is 11.6 Å². The van der Waals surface area contributed by atoms with Crippen LogP contribution in [0.5, 0.6) is 0 Å². The molecule has 1 saturated heterocycles. The van der Waals surface area contributed by atoms with Crippen molar-refractivity contribution in [2.45, 2.75) is 32.4 Å². The predicted octanol–water partition coefficient (Wildman–Crippen LogP) is 2.44. The number of nitrogens with zero attached hydrogens (tertiary/aromatic N) is 1. The Morgan fingerprint density at radius 1 is 1.56 bits per heavy atom. The average Bonchev–Trinajstić information content (AvgIpc) is 2.84. The third-order valence-electron chi connectivity index (χ3n) is 3.43. The lowest BCUT2D eigenvalue weighted by molar-refractivity contribution is -0.125. The molecule has 0 radical (unpaired) electrons. The van der Waals surface area contributed by atoms with Crippen molar-refractivity contribution in [1.29, 1.82) is 0 Å². The van der Waals surface area contributed by atoms with E-state index in [0.29, 0.717) is 11.6 Å². The molecule has 3 nitrogen and oxygen atoms in total. The SMILES string of the molecule is CCN1CCC[C@H]1C(=O)NCc1cccc(Cl)c1. The number of likely N-dealkylation sites (N-methyl/N-ethyl adjacent to an activating group) is 1. The highest BCUT2D eigenvalue weighted by atomic mass is 35.5. The molecule has 0 unspecified atom stereocenters. The number of benzene rings is 1. The van der Waals surface area contributed by atoms with Gasteiger partial charge in [-0.2, -0.15) is 0 Å². The van der Waals surface area contributed by atoms with Crippen LogP contribution in [0.4, 0.5) is 0 Å². The zero-order valence-corrected chi connectivity index (χ0v) is 11.4. The highest BCUT2D eigenvalue weighted by Gasteiger charge is 2.28. The Kier molecular flexibility index (Phi) is 4.61. The second kappa shape index (κ2) is 6.21. The Labute approximate surface area is 113 Å². The lowest BCUT2D eigenvalue weighted by Crippen LogP contribution is -2.42. The molecule has 1 amide bonds. The van der Waals surface area contributed by atoms with Crippen LogP contribution >= 0.6 is 11.6 Å². The van der Waals surface area contributed by atoms with Gasteiger partial charge in [-0.15, -0.1) is 0 Å². The van der Waals surface area contributed by atoms with Crippen LogP contribution in [0.15, 0.2) is 24.3 Å². The molecule has 98 valence electrons. The van der Waals surface area contributed by atoms with Crippen LogP contribution < -0.4 is 5.32 Å². The molecule has 1 heterocycles. The van der Waals surface area contributed by atoms with Gasteiger partial charge in [0, 0.05) is 11.6 Å². The number of likely N-dealkylation sites (tertiary alicyclic amines) is 1. The normalized spacial score (nSPS) is 20.0. The van der Waals surface area contributed by atoms with Gasteiger partial charge in [-0.1, -0.05) is 30.7 Å². The summed E-state index contributed by atoms with van der Waals surface area (Å²) < 4.78 is 0. The summed E-state index contributed by atoms with van der Waals surface area (Å²) in [6.07, 6.45) is 2.08. The summed E-state index contributed by atoms with van der Waals surface area (Å²) in [5.41, 5.74) is 1.04. The number of hydrogen-bond acceptors (Lipinski definition) is 2. The molecule has 1 aromatic rings. The lowest BCUT2D eigenvalue weighted by Gasteiger charge is -2.21. The molecular formula is C14H19ClN2O. The minimum atomic E-state index is 0.0502. The smallest absolute Gasteiger partial charge is 0.237 e. The number of amides is 1. The summed E-state index contributed by atoms with van der Waals surface area (Å²) in [5, 5.41) is 3.70. The molecule has 0 saturated carbocycles. The first-order chi connectivity index (χ1) is 8.70. The van der Waals surface area contributed by atoms with E-state index < -0.39 is 0 Å². The van der Waals surface area contributed by atoms with Crippen LogP contribution in [0.3, 0.4) is 0 Å². The minimum Gasteiger partial charge on any atom is -0.351 e. The Morgan fingerprint density at radius 3 is 3.11 bits per heavy atom. The van der Waals surface area contributed by atoms with Crippen molar-refractivity contribution in [3.8, 4) is 0 Å². The van der Waals surface area contributed by atoms with Gasteiger partial charge in [-0.3, -0.25) is 9.69 Å². The van der Waals surface area contributed by atoms with Gasteiger partial charge in [0.25, 0.3) is 0 Å². The maximum Gasteiger partial charge on any atom is 0.237 e. The molecule has 1 fully saturated rings. The maximum absolute atomic E-state index is 12.1. The lowest BCUT2D eigenvalue weighted by atomic mass is 10.2. The van der Waals surface area contributed by atoms with Crippen LogP contribution in [0.1, 0.15) is 25.3 Å². The van der Waals surface area contributed by atoms with Gasteiger partial charge in [0.1, 0.15) is 0 Å². The zero-order chi connectivity index (χ0) is 13.0. The summed E-state index contributed by atoms with van der Waals surface area (Å²) in [5.74, 6) is 0.134. The Morgan fingerprint density at radius 2 is 2.39 bits per heavy atom. The van der Waals surface area contributed by atoms with Crippen molar-refractivity contribution < 1.29 is 4.79 Å². The summed E-state index contributed by atoms with van der Waals surface area (Å²) in [4.78, 5) is 14.3. The third kappa shape index (κ3) is 3.24. The predicted molar refractivity (Wildman–Crippen MR) is 73.6 cm³/mol. The molecule has 18 heavy (non-hydrogen) atoms. The van der Waals surface area contributed by atoms with E-state index in [1.165, 1.54) is 0 Å². The minimum absolute atomic E-state index is 0.0502. The van der Waals surface area contributed by atoms with Crippen molar-refractivity contribution >= 4 is 17.5 Å². The number of halogens is 1. The first kappa shape index (κ1) is 13.4. The second-order valence-electron chi connectivity index (χ2n) is 4.63. The van der Waals surface area contributed by atoms with E-state index in [9.17, 15) is 4.79 Å². The van der Waals surface area contributed by atoms with Gasteiger partial charge in [-0.05, 0) is 43.6 Å². The summed E-state index contributed by atoms with van der Waals surface area (Å²) >= 11 is 5.91. The number of nitrogens with one attached hydrogen (secondary N) is 1. The molecule has 1 aromatic carbocycles. The van der Waals surface area contributed by atoms with Crippen molar-refractivity contribution in [2.75, 3.05) is 13.1 Å². The van der Waals surface area contributed by atoms with Gasteiger partial charge in [0.05, 0.1) is 6.04 Å². The topological polar surface area (TPSA) is 32.3 Å². The molecular weight excluding hydrogens is 248 g/mol. The van der Waals surface area contributed by atoms with Crippen LogP contribution in [0, 0.1) is 0 Å². The Bertz CT molecular complexity index is 422. The molecule has 1 atom stereocenters. The Balaban J connectivity index is 1.88. The number of carbonyl (C=O) groups is 1. The molecule has 0 aliphatic carbocycles. The maximum atomic E-state index is 12.1. The quantitative estimate of drug-likeness (QED) is 0.908. The van der Waals surface area contributed by atoms with Crippen molar-refractivity contribution in [3.05, 3.63) is 34.9 Å². The first-order valence-electron chi connectivity index (χ1n) is 6.47. The zero-order valence-electron chi connectivity index (χ0n) is 10.7. The number of hydrogen-bond donors (Lipinski definition) is 1. The molecule has 2 rings (SSSR count). The highest BCUT2D eigenvalue weighted by molar-refractivity contribution is 6.30. The van der Waals surface area contributed by atoms with Gasteiger partial charge in [0.15, 0.2) is 0 Å². The fourth-order valence-corrected chi connectivity index (χ4v) is 2.67. The van der Waals surface area contributed by atoms with E-state index in [2.05, 4.69) is 17.1 Å². The van der Waals surface area contributed by atoms with E-state index in [-0.39, 0.29) is 11.9 Å². The average molecular weight is 267 g/mol. The number of carbonyl (C=O) groups excluding carboxylic acids is 1. The van der Waals surface area contributed by atoms with Crippen LogP contribution in [0.2, 0.25) is 5.02 Å². The van der Waals surface area contributed by atoms with E-state index in [0.717, 1.165) is 31.5 Å². The summed E-state index contributed by atoms with van der Waals surface area (Å²) in [7, 11) is 0. The van der Waals surface area contributed by atoms with E-state index in [1.807, 2.05) is 24.3 Å². The standard InChI is InChI=1S/C14H19ClN2O/c1-2-17-8-4-7-13(17)14(18)16-10-11-5-3-6-12(15)9-11/h3,5-6,9,13H,2,4,7-8,10H2,1H3,(H,16,18)/t13-/m0/s1. The molecule has 4 heteroatoms. The third-order valence-corrected chi connectivity index (χ3v) is 3.66. The Hall–Kier alpha value is -1.06. The van der Waals surface area contributed by atoms with Crippen LogP contribution in [-0.4, -0.2) is 29.9 Å². The van der Waals surface area contributed by atoms with Gasteiger partial charge < -0.3 is 5.32 Å². The molecule has 0 bridgehead atoms. The van der Waals surface area contributed by atoms with Crippen LogP contribution in [-0.2, 0) is 11.3 Å². The van der Waals surface area contributed by atoms with Gasteiger partial charge in [0.2, 0.25) is 5.91 Å². The molecule has 0 aromatic heterocycles. The van der Waals surface area contributed by atoms with Crippen molar-refractivity contribution in [2.24, 2.45) is 0 Å². The molecule has 1 aliphatic rings. The largest absolute Gasteiger partial charge is 0.351 e. The molecule has 0 spiro atoms. The second-order valence-corrected chi connectivity index (χ2v) is 5.07. The highest BCUT2D eigenvalue weighted by Crippen LogP contribution is 2.17. The van der Waals surface area contributed by atoms with Gasteiger partial charge in [-0.25, -0.2) is 0 Å². The van der Waals surface area contributed by atoms with E-state index in [1.54, 1.807) is 0 Å². The van der Waals surface area contributed by atoms with Gasteiger partial charge >= 0.3 is 0 Å².